The monoisotopic (exact) mass is 318 g/mol. The van der Waals surface area contributed by atoms with Gasteiger partial charge in [0.05, 0.1) is 16.9 Å². The third-order valence-electron chi connectivity index (χ3n) is 3.72. The van der Waals surface area contributed by atoms with Crippen LogP contribution >= 0.6 is 11.8 Å². The first kappa shape index (κ1) is 15.1. The smallest absolute Gasteiger partial charge is 0.261 e. The van der Waals surface area contributed by atoms with Gasteiger partial charge in [-0.25, -0.2) is 0 Å². The normalized spacial score (nSPS) is 16.8. The fraction of sp³-hybridized carbons (Fsp3) is 0.438. The second kappa shape index (κ2) is 6.52. The molecular weight excluding hydrogens is 300 g/mol. The molecule has 2 aliphatic rings. The molecule has 6 heteroatoms. The van der Waals surface area contributed by atoms with Crippen LogP contribution in [0.3, 0.4) is 0 Å². The summed E-state index contributed by atoms with van der Waals surface area (Å²) in [5.41, 5.74) is 0.980. The van der Waals surface area contributed by atoms with E-state index in [1.807, 2.05) is 0 Å². The molecule has 1 N–H and O–H groups in total. The van der Waals surface area contributed by atoms with Gasteiger partial charge in [-0.05, 0) is 37.1 Å². The number of amides is 3. The van der Waals surface area contributed by atoms with Crippen molar-refractivity contribution in [1.29, 1.82) is 0 Å². The molecule has 0 aromatic heterocycles. The molecule has 1 aliphatic carbocycles. The lowest BCUT2D eigenvalue weighted by Gasteiger charge is -2.13. The number of rotatable bonds is 7. The van der Waals surface area contributed by atoms with E-state index >= 15 is 0 Å². The lowest BCUT2D eigenvalue weighted by molar-refractivity contribution is -0.118. The Balaban J connectivity index is 1.40. The molecular formula is C16H18N2O3S. The Kier molecular flexibility index (Phi) is 4.47. The molecule has 0 spiro atoms. The Morgan fingerprint density at radius 2 is 1.82 bits per heavy atom. The largest absolute Gasteiger partial charge is 0.353 e. The predicted octanol–water partition coefficient (Wildman–Crippen LogP) is 1.68. The summed E-state index contributed by atoms with van der Waals surface area (Å²) in [5.74, 6) is 0.854. The Labute approximate surface area is 133 Å². The number of nitrogens with one attached hydrogen (secondary N) is 1. The van der Waals surface area contributed by atoms with E-state index < -0.39 is 0 Å². The van der Waals surface area contributed by atoms with Gasteiger partial charge >= 0.3 is 0 Å². The molecule has 1 aliphatic heterocycles. The first-order chi connectivity index (χ1) is 10.7. The van der Waals surface area contributed by atoms with Crippen LogP contribution in [0.4, 0.5) is 0 Å². The van der Waals surface area contributed by atoms with E-state index in [1.54, 1.807) is 24.3 Å². The summed E-state index contributed by atoms with van der Waals surface area (Å²) in [6.45, 7) is 0.406. The van der Waals surface area contributed by atoms with Crippen LogP contribution in [0.2, 0.25) is 0 Å². The number of thioether (sulfide) groups is 1. The minimum Gasteiger partial charge on any atom is -0.353 e. The van der Waals surface area contributed by atoms with Crippen molar-refractivity contribution >= 4 is 29.5 Å². The number of carbonyl (C=O) groups excluding carboxylic acids is 3. The highest BCUT2D eigenvalue weighted by Crippen LogP contribution is 2.23. The quantitative estimate of drug-likeness (QED) is 0.614. The van der Waals surface area contributed by atoms with Crippen molar-refractivity contribution in [1.82, 2.24) is 10.2 Å². The first-order valence-electron chi connectivity index (χ1n) is 7.49. The minimum absolute atomic E-state index is 0.0771. The average Bonchev–Trinajstić information content (AvgIpc) is 3.29. The van der Waals surface area contributed by atoms with Gasteiger partial charge in [0, 0.05) is 12.6 Å². The second-order valence-corrected chi connectivity index (χ2v) is 6.66. The molecule has 3 rings (SSSR count). The van der Waals surface area contributed by atoms with Gasteiger partial charge in [-0.1, -0.05) is 12.1 Å². The Hall–Kier alpha value is -1.82. The summed E-state index contributed by atoms with van der Waals surface area (Å²) in [6.07, 6.45) is 2.89. The summed E-state index contributed by atoms with van der Waals surface area (Å²) in [4.78, 5) is 37.1. The number of fused-ring (bicyclic) bond motifs is 1. The third kappa shape index (κ3) is 3.32. The molecule has 0 atom stereocenters. The van der Waals surface area contributed by atoms with E-state index in [0.29, 0.717) is 35.9 Å². The number of carbonyl (C=O) groups is 3. The van der Waals surface area contributed by atoms with Crippen LogP contribution in [0.25, 0.3) is 0 Å². The summed E-state index contributed by atoms with van der Waals surface area (Å²) in [5, 5.41) is 2.93. The first-order valence-corrected chi connectivity index (χ1v) is 8.64. The Morgan fingerprint density at radius 3 is 2.41 bits per heavy atom. The lowest BCUT2D eigenvalue weighted by Crippen LogP contribution is -2.31. The zero-order valence-corrected chi connectivity index (χ0v) is 13.0. The van der Waals surface area contributed by atoms with Crippen LogP contribution in [0.15, 0.2) is 24.3 Å². The van der Waals surface area contributed by atoms with E-state index in [0.717, 1.165) is 18.6 Å². The highest BCUT2D eigenvalue weighted by molar-refractivity contribution is 7.99. The standard InChI is InChI=1S/C16H18N2O3S/c19-14(17-11-6-7-11)10-22-9-3-8-18-15(20)12-4-1-2-5-13(12)16(18)21/h1-2,4-5,11H,3,6-10H2,(H,17,19). The van der Waals surface area contributed by atoms with Crippen LogP contribution < -0.4 is 5.32 Å². The molecule has 0 unspecified atom stereocenters. The van der Waals surface area contributed by atoms with Gasteiger partial charge in [0.25, 0.3) is 11.8 Å². The SMILES string of the molecule is O=C(CSCCCN1C(=O)c2ccccc2C1=O)NC1CC1. The van der Waals surface area contributed by atoms with Gasteiger partial charge < -0.3 is 5.32 Å². The molecule has 116 valence electrons. The summed E-state index contributed by atoms with van der Waals surface area (Å²) >= 11 is 1.54. The maximum atomic E-state index is 12.1. The third-order valence-corrected chi connectivity index (χ3v) is 4.77. The summed E-state index contributed by atoms with van der Waals surface area (Å²) in [6, 6.07) is 7.30. The number of hydrogen-bond acceptors (Lipinski definition) is 4. The molecule has 1 aromatic rings. The van der Waals surface area contributed by atoms with E-state index in [-0.39, 0.29) is 17.7 Å². The van der Waals surface area contributed by atoms with Gasteiger partial charge in [-0.2, -0.15) is 11.8 Å². The number of hydrogen-bond donors (Lipinski definition) is 1. The number of nitrogens with zero attached hydrogens (tertiary/aromatic N) is 1. The maximum absolute atomic E-state index is 12.1. The van der Waals surface area contributed by atoms with E-state index in [1.165, 1.54) is 16.7 Å². The molecule has 1 aromatic carbocycles. The molecule has 0 bridgehead atoms. The van der Waals surface area contributed by atoms with E-state index in [2.05, 4.69) is 5.32 Å². The summed E-state index contributed by atoms with van der Waals surface area (Å²) < 4.78 is 0. The highest BCUT2D eigenvalue weighted by Gasteiger charge is 2.34. The molecule has 5 nitrogen and oxygen atoms in total. The molecule has 1 heterocycles. The number of imide groups is 1. The van der Waals surface area contributed by atoms with Crippen molar-refractivity contribution in [2.75, 3.05) is 18.1 Å². The average molecular weight is 318 g/mol. The molecule has 22 heavy (non-hydrogen) atoms. The molecule has 0 saturated heterocycles. The van der Waals surface area contributed by atoms with Crippen molar-refractivity contribution in [2.24, 2.45) is 0 Å². The highest BCUT2D eigenvalue weighted by atomic mass is 32.2. The summed E-state index contributed by atoms with van der Waals surface area (Å²) in [7, 11) is 0. The minimum atomic E-state index is -0.211. The predicted molar refractivity (Wildman–Crippen MR) is 84.9 cm³/mol. The van der Waals surface area contributed by atoms with Crippen LogP contribution in [-0.4, -0.2) is 46.7 Å². The fourth-order valence-electron chi connectivity index (χ4n) is 2.43. The van der Waals surface area contributed by atoms with Crippen molar-refractivity contribution < 1.29 is 14.4 Å². The lowest BCUT2D eigenvalue weighted by atomic mass is 10.1. The van der Waals surface area contributed by atoms with Crippen LogP contribution in [0.5, 0.6) is 0 Å². The van der Waals surface area contributed by atoms with Gasteiger partial charge in [0.1, 0.15) is 0 Å². The van der Waals surface area contributed by atoms with Crippen molar-refractivity contribution in [3.8, 4) is 0 Å². The topological polar surface area (TPSA) is 66.5 Å². The van der Waals surface area contributed by atoms with Gasteiger partial charge in [-0.3, -0.25) is 19.3 Å². The second-order valence-electron chi connectivity index (χ2n) is 5.56. The Morgan fingerprint density at radius 1 is 1.18 bits per heavy atom. The Bertz CT molecular complexity index is 578. The van der Waals surface area contributed by atoms with E-state index in [4.69, 9.17) is 0 Å². The molecule has 1 saturated carbocycles. The van der Waals surface area contributed by atoms with Crippen LogP contribution in [0.1, 0.15) is 40.0 Å². The zero-order valence-electron chi connectivity index (χ0n) is 12.2. The molecule has 3 amide bonds. The van der Waals surface area contributed by atoms with Gasteiger partial charge in [0.2, 0.25) is 5.91 Å². The van der Waals surface area contributed by atoms with Crippen molar-refractivity contribution in [2.45, 2.75) is 25.3 Å². The van der Waals surface area contributed by atoms with Crippen molar-refractivity contribution in [3.05, 3.63) is 35.4 Å². The van der Waals surface area contributed by atoms with Crippen LogP contribution in [0, 0.1) is 0 Å². The van der Waals surface area contributed by atoms with Crippen LogP contribution in [-0.2, 0) is 4.79 Å². The number of benzene rings is 1. The zero-order chi connectivity index (χ0) is 15.5. The van der Waals surface area contributed by atoms with E-state index in [9.17, 15) is 14.4 Å². The van der Waals surface area contributed by atoms with Gasteiger partial charge in [-0.15, -0.1) is 0 Å². The van der Waals surface area contributed by atoms with Crippen molar-refractivity contribution in [3.63, 3.8) is 0 Å². The van der Waals surface area contributed by atoms with Gasteiger partial charge in [0.15, 0.2) is 0 Å². The molecule has 0 radical (unpaired) electrons. The molecule has 1 fully saturated rings. The fourth-order valence-corrected chi connectivity index (χ4v) is 3.18. The maximum Gasteiger partial charge on any atom is 0.261 e.